The number of nitrogens with one attached hydrogen (secondary N) is 2. The third-order valence-corrected chi connectivity index (χ3v) is 4.09. The van der Waals surface area contributed by atoms with Crippen molar-refractivity contribution in [3.63, 3.8) is 0 Å². The van der Waals surface area contributed by atoms with Gasteiger partial charge in [0.2, 0.25) is 0 Å². The lowest BCUT2D eigenvalue weighted by Crippen LogP contribution is -2.38. The molecule has 0 radical (unpaired) electrons. The fourth-order valence-electron chi connectivity index (χ4n) is 3.07. The molecule has 1 aliphatic heterocycles. The maximum atomic E-state index is 12.1. The molecule has 1 saturated heterocycles. The first-order chi connectivity index (χ1) is 10.6. The normalized spacial score (nSPS) is 21.7. The number of carbonyl (C=O) groups excluding carboxylic acids is 1. The lowest BCUT2D eigenvalue weighted by molar-refractivity contribution is -0.384. The van der Waals surface area contributed by atoms with Crippen LogP contribution in [-0.4, -0.2) is 35.1 Å². The van der Waals surface area contributed by atoms with Crippen LogP contribution in [0.2, 0.25) is 0 Å². The van der Waals surface area contributed by atoms with Gasteiger partial charge in [-0.15, -0.1) is 0 Å². The van der Waals surface area contributed by atoms with Gasteiger partial charge in [-0.05, 0) is 40.2 Å². The molecule has 1 aliphatic rings. The van der Waals surface area contributed by atoms with E-state index in [-0.39, 0.29) is 28.8 Å². The molecule has 126 valence electrons. The van der Waals surface area contributed by atoms with Gasteiger partial charge in [-0.1, -0.05) is 0 Å². The number of rotatable bonds is 4. The number of amides is 1. The minimum Gasteiger partial charge on any atom is -0.379 e. The molecule has 2 N–H and O–H groups in total. The van der Waals surface area contributed by atoms with E-state index in [1.54, 1.807) is 6.07 Å². The Hall–Kier alpha value is -2.15. The minimum atomic E-state index is -0.512. The Kier molecular flexibility index (Phi) is 4.34. The number of nitro groups is 1. The molecule has 1 fully saturated rings. The molecule has 1 aromatic carbocycles. The summed E-state index contributed by atoms with van der Waals surface area (Å²) in [6.07, 6.45) is 0.768. The molecule has 1 aromatic rings. The molecule has 0 aromatic heterocycles. The van der Waals surface area contributed by atoms with Gasteiger partial charge in [-0.3, -0.25) is 14.9 Å². The number of ether oxygens (including phenoxy) is 1. The van der Waals surface area contributed by atoms with Crippen LogP contribution in [0.4, 0.5) is 11.4 Å². The van der Waals surface area contributed by atoms with Crippen LogP contribution in [-0.2, 0) is 4.74 Å². The van der Waals surface area contributed by atoms with Gasteiger partial charge in [0.25, 0.3) is 11.6 Å². The van der Waals surface area contributed by atoms with Crippen LogP contribution in [0.25, 0.3) is 0 Å². The highest BCUT2D eigenvalue weighted by Gasteiger charge is 2.46. The van der Waals surface area contributed by atoms with Crippen LogP contribution in [0, 0.1) is 10.1 Å². The third kappa shape index (κ3) is 3.61. The van der Waals surface area contributed by atoms with Gasteiger partial charge in [0.15, 0.2) is 0 Å². The van der Waals surface area contributed by atoms with Crippen molar-refractivity contribution < 1.29 is 14.5 Å². The van der Waals surface area contributed by atoms with E-state index in [2.05, 4.69) is 10.6 Å². The number of hydrogen-bond acceptors (Lipinski definition) is 5. The fourth-order valence-corrected chi connectivity index (χ4v) is 3.07. The highest BCUT2D eigenvalue weighted by molar-refractivity contribution is 6.00. The molecular formula is C16H23N3O4. The van der Waals surface area contributed by atoms with Crippen molar-refractivity contribution in [2.45, 2.75) is 51.4 Å². The summed E-state index contributed by atoms with van der Waals surface area (Å²) in [7, 11) is 1.50. The summed E-state index contributed by atoms with van der Waals surface area (Å²) in [5, 5.41) is 16.8. The molecular weight excluding hydrogens is 298 g/mol. The predicted molar refractivity (Wildman–Crippen MR) is 87.8 cm³/mol. The Balaban J connectivity index is 2.36. The van der Waals surface area contributed by atoms with Crippen molar-refractivity contribution >= 4 is 17.3 Å². The van der Waals surface area contributed by atoms with Gasteiger partial charge in [0, 0.05) is 24.9 Å². The summed E-state index contributed by atoms with van der Waals surface area (Å²) in [5.74, 6) is -0.368. The van der Waals surface area contributed by atoms with Gasteiger partial charge in [0.05, 0.1) is 27.7 Å². The molecule has 0 spiro atoms. The Labute approximate surface area is 135 Å². The van der Waals surface area contributed by atoms with Crippen molar-refractivity contribution in [1.29, 1.82) is 0 Å². The number of nitrogens with zero attached hydrogens (tertiary/aromatic N) is 1. The van der Waals surface area contributed by atoms with E-state index < -0.39 is 10.5 Å². The number of benzene rings is 1. The summed E-state index contributed by atoms with van der Waals surface area (Å²) < 4.78 is 6.04. The van der Waals surface area contributed by atoms with Crippen molar-refractivity contribution in [3.8, 4) is 0 Å². The standard InChI is InChI=1S/C16H23N3O4/c1-15(2)9-13(16(3,4)23-15)18-12-7-6-10(19(21)22)8-11(12)14(20)17-5/h6-8,13,18H,9H2,1-5H3,(H,17,20). The summed E-state index contributed by atoms with van der Waals surface area (Å²) in [6.45, 7) is 8.02. The van der Waals surface area contributed by atoms with Crippen molar-refractivity contribution in [1.82, 2.24) is 5.32 Å². The largest absolute Gasteiger partial charge is 0.379 e. The van der Waals surface area contributed by atoms with E-state index in [1.807, 2.05) is 27.7 Å². The van der Waals surface area contributed by atoms with E-state index >= 15 is 0 Å². The lowest BCUT2D eigenvalue weighted by atomic mass is 9.94. The van der Waals surface area contributed by atoms with Crippen molar-refractivity contribution in [2.24, 2.45) is 0 Å². The molecule has 23 heavy (non-hydrogen) atoms. The summed E-state index contributed by atoms with van der Waals surface area (Å²) in [5.41, 5.74) is 0.0216. The fraction of sp³-hybridized carbons (Fsp3) is 0.562. The average Bonchev–Trinajstić information content (AvgIpc) is 2.65. The maximum absolute atomic E-state index is 12.1. The van der Waals surface area contributed by atoms with Gasteiger partial charge in [-0.2, -0.15) is 0 Å². The molecule has 2 rings (SSSR count). The first-order valence-corrected chi connectivity index (χ1v) is 7.53. The Morgan fingerprint density at radius 1 is 1.35 bits per heavy atom. The summed E-state index contributed by atoms with van der Waals surface area (Å²) in [4.78, 5) is 22.5. The second-order valence-corrected chi connectivity index (χ2v) is 6.93. The van der Waals surface area contributed by atoms with Crippen LogP contribution >= 0.6 is 0 Å². The monoisotopic (exact) mass is 321 g/mol. The molecule has 1 unspecified atom stereocenters. The van der Waals surface area contributed by atoms with Crippen LogP contribution in [0.15, 0.2) is 18.2 Å². The van der Waals surface area contributed by atoms with Crippen molar-refractivity contribution in [3.05, 3.63) is 33.9 Å². The van der Waals surface area contributed by atoms with Crippen LogP contribution < -0.4 is 10.6 Å². The molecule has 7 heteroatoms. The molecule has 7 nitrogen and oxygen atoms in total. The molecule has 0 bridgehead atoms. The maximum Gasteiger partial charge on any atom is 0.270 e. The quantitative estimate of drug-likeness (QED) is 0.657. The first-order valence-electron chi connectivity index (χ1n) is 7.53. The topological polar surface area (TPSA) is 93.5 Å². The molecule has 1 heterocycles. The summed E-state index contributed by atoms with van der Waals surface area (Å²) >= 11 is 0. The number of non-ortho nitro benzene ring substituents is 1. The molecule has 1 amide bonds. The van der Waals surface area contributed by atoms with Gasteiger partial charge in [0.1, 0.15) is 0 Å². The zero-order valence-corrected chi connectivity index (χ0v) is 14.1. The Morgan fingerprint density at radius 2 is 2.00 bits per heavy atom. The highest BCUT2D eigenvalue weighted by Crippen LogP contribution is 2.39. The van der Waals surface area contributed by atoms with E-state index in [0.717, 1.165) is 6.42 Å². The first kappa shape index (κ1) is 17.2. The predicted octanol–water partition coefficient (Wildman–Crippen LogP) is 2.71. The molecule has 1 atom stereocenters. The molecule has 0 aliphatic carbocycles. The third-order valence-electron chi connectivity index (χ3n) is 4.09. The number of carbonyl (C=O) groups is 1. The van der Waals surface area contributed by atoms with E-state index in [9.17, 15) is 14.9 Å². The summed E-state index contributed by atoms with van der Waals surface area (Å²) in [6, 6.07) is 4.24. The Morgan fingerprint density at radius 3 is 2.48 bits per heavy atom. The number of hydrogen-bond donors (Lipinski definition) is 2. The van der Waals surface area contributed by atoms with Crippen LogP contribution in [0.3, 0.4) is 0 Å². The minimum absolute atomic E-state index is 0.0117. The Bertz CT molecular complexity index is 640. The second kappa shape index (κ2) is 5.81. The van der Waals surface area contributed by atoms with Crippen LogP contribution in [0.5, 0.6) is 0 Å². The lowest BCUT2D eigenvalue weighted by Gasteiger charge is -2.28. The van der Waals surface area contributed by atoms with Gasteiger partial charge >= 0.3 is 0 Å². The van der Waals surface area contributed by atoms with Gasteiger partial charge in [-0.25, -0.2) is 0 Å². The SMILES string of the molecule is CNC(=O)c1cc([N+](=O)[O-])ccc1NC1CC(C)(C)OC1(C)C. The van der Waals surface area contributed by atoms with E-state index in [0.29, 0.717) is 5.69 Å². The number of anilines is 1. The highest BCUT2D eigenvalue weighted by atomic mass is 16.6. The average molecular weight is 321 g/mol. The zero-order valence-electron chi connectivity index (χ0n) is 14.1. The zero-order chi connectivity index (χ0) is 17.4. The van der Waals surface area contributed by atoms with Crippen molar-refractivity contribution in [2.75, 3.05) is 12.4 Å². The molecule has 0 saturated carbocycles. The number of nitro benzene ring substituents is 1. The van der Waals surface area contributed by atoms with Crippen LogP contribution in [0.1, 0.15) is 44.5 Å². The second-order valence-electron chi connectivity index (χ2n) is 6.93. The smallest absolute Gasteiger partial charge is 0.270 e. The van der Waals surface area contributed by atoms with E-state index in [4.69, 9.17) is 4.74 Å². The van der Waals surface area contributed by atoms with E-state index in [1.165, 1.54) is 19.2 Å². The van der Waals surface area contributed by atoms with Gasteiger partial charge < -0.3 is 15.4 Å².